The van der Waals surface area contributed by atoms with Gasteiger partial charge in [-0.1, -0.05) is 18.9 Å². The average molecular weight is 281 g/mol. The number of aliphatic hydroxyl groups excluding tert-OH is 1. The number of rotatable bonds is 5. The number of ether oxygens (including phenoxy) is 1. The standard InChI is InChI=1S/C15H20FNO3/c1-10(18)11-6-7-14(13(16)8-11)20-9-15(19)17-12-4-2-3-5-12/h6-8,10,12,18H,2-5,9H2,1H3,(H,17,19)/t10-/m0/s1. The van der Waals surface area contributed by atoms with Crippen LogP contribution in [0.25, 0.3) is 0 Å². The highest BCUT2D eigenvalue weighted by atomic mass is 19.1. The van der Waals surface area contributed by atoms with E-state index in [2.05, 4.69) is 5.32 Å². The van der Waals surface area contributed by atoms with Gasteiger partial charge in [-0.2, -0.15) is 0 Å². The van der Waals surface area contributed by atoms with Crippen LogP contribution in [0.4, 0.5) is 4.39 Å². The van der Waals surface area contributed by atoms with E-state index in [1.54, 1.807) is 13.0 Å². The van der Waals surface area contributed by atoms with Crippen molar-refractivity contribution in [2.45, 2.75) is 44.8 Å². The summed E-state index contributed by atoms with van der Waals surface area (Å²) in [6.45, 7) is 1.37. The summed E-state index contributed by atoms with van der Waals surface area (Å²) in [6, 6.07) is 4.46. The molecule has 1 amide bonds. The largest absolute Gasteiger partial charge is 0.481 e. The summed E-state index contributed by atoms with van der Waals surface area (Å²) in [7, 11) is 0. The normalized spacial score (nSPS) is 16.9. The lowest BCUT2D eigenvalue weighted by molar-refractivity contribution is -0.123. The minimum atomic E-state index is -0.732. The van der Waals surface area contributed by atoms with E-state index >= 15 is 0 Å². The van der Waals surface area contributed by atoms with Gasteiger partial charge in [0, 0.05) is 6.04 Å². The minimum Gasteiger partial charge on any atom is -0.481 e. The quantitative estimate of drug-likeness (QED) is 0.870. The smallest absolute Gasteiger partial charge is 0.258 e. The lowest BCUT2D eigenvalue weighted by Gasteiger charge is -2.13. The molecule has 1 aromatic carbocycles. The molecule has 2 rings (SSSR count). The highest BCUT2D eigenvalue weighted by Crippen LogP contribution is 2.22. The Kier molecular flexibility index (Phi) is 4.95. The molecule has 1 atom stereocenters. The Morgan fingerprint density at radius 2 is 2.20 bits per heavy atom. The second-order valence-electron chi connectivity index (χ2n) is 5.20. The Labute approximate surface area is 117 Å². The van der Waals surface area contributed by atoms with Gasteiger partial charge in [0.2, 0.25) is 0 Å². The lowest BCUT2D eigenvalue weighted by Crippen LogP contribution is -2.36. The molecule has 4 nitrogen and oxygen atoms in total. The molecule has 2 N–H and O–H groups in total. The average Bonchev–Trinajstić information content (AvgIpc) is 2.90. The molecular weight excluding hydrogens is 261 g/mol. The van der Waals surface area contributed by atoms with Crippen LogP contribution < -0.4 is 10.1 Å². The SMILES string of the molecule is C[C@H](O)c1ccc(OCC(=O)NC2CCCC2)c(F)c1. The number of amides is 1. The van der Waals surface area contributed by atoms with Gasteiger partial charge in [-0.15, -0.1) is 0 Å². The van der Waals surface area contributed by atoms with Crippen molar-refractivity contribution in [3.05, 3.63) is 29.6 Å². The van der Waals surface area contributed by atoms with E-state index in [1.165, 1.54) is 12.1 Å². The first-order valence-corrected chi connectivity index (χ1v) is 6.96. The summed E-state index contributed by atoms with van der Waals surface area (Å²) in [4.78, 5) is 11.7. The van der Waals surface area contributed by atoms with Crippen molar-refractivity contribution in [1.29, 1.82) is 0 Å². The first-order valence-electron chi connectivity index (χ1n) is 6.96. The van der Waals surface area contributed by atoms with Crippen molar-refractivity contribution in [2.75, 3.05) is 6.61 Å². The molecule has 5 heteroatoms. The Bertz CT molecular complexity index is 470. The van der Waals surface area contributed by atoms with E-state index in [0.717, 1.165) is 25.7 Å². The fraction of sp³-hybridized carbons (Fsp3) is 0.533. The third-order valence-corrected chi connectivity index (χ3v) is 3.52. The summed E-state index contributed by atoms with van der Waals surface area (Å²) >= 11 is 0. The molecule has 0 unspecified atom stereocenters. The van der Waals surface area contributed by atoms with E-state index in [4.69, 9.17) is 4.74 Å². The van der Waals surface area contributed by atoms with E-state index < -0.39 is 11.9 Å². The Morgan fingerprint density at radius 1 is 1.50 bits per heavy atom. The fourth-order valence-electron chi connectivity index (χ4n) is 2.38. The van der Waals surface area contributed by atoms with Crippen molar-refractivity contribution in [3.8, 4) is 5.75 Å². The second-order valence-corrected chi connectivity index (χ2v) is 5.20. The van der Waals surface area contributed by atoms with Crippen molar-refractivity contribution >= 4 is 5.91 Å². The van der Waals surface area contributed by atoms with E-state index in [9.17, 15) is 14.3 Å². The van der Waals surface area contributed by atoms with Crippen LogP contribution in [0, 0.1) is 5.82 Å². The monoisotopic (exact) mass is 281 g/mol. The summed E-state index contributed by atoms with van der Waals surface area (Å²) in [5.74, 6) is -0.774. The lowest BCUT2D eigenvalue weighted by atomic mass is 10.1. The molecule has 1 saturated carbocycles. The molecule has 0 radical (unpaired) electrons. The van der Waals surface area contributed by atoms with Crippen LogP contribution in [0.3, 0.4) is 0 Å². The van der Waals surface area contributed by atoms with Gasteiger partial charge in [-0.3, -0.25) is 4.79 Å². The fourth-order valence-corrected chi connectivity index (χ4v) is 2.38. The van der Waals surface area contributed by atoms with Gasteiger partial charge in [-0.25, -0.2) is 4.39 Å². The molecule has 1 aliphatic rings. The summed E-state index contributed by atoms with van der Waals surface area (Å²) in [5.41, 5.74) is 0.477. The van der Waals surface area contributed by atoms with Crippen LogP contribution in [0.15, 0.2) is 18.2 Å². The maximum atomic E-state index is 13.7. The zero-order chi connectivity index (χ0) is 14.5. The molecule has 1 aliphatic carbocycles. The predicted molar refractivity (Wildman–Crippen MR) is 72.9 cm³/mol. The molecule has 0 heterocycles. The van der Waals surface area contributed by atoms with Gasteiger partial charge in [0.25, 0.3) is 5.91 Å². The maximum Gasteiger partial charge on any atom is 0.258 e. The number of hydrogen-bond donors (Lipinski definition) is 2. The highest BCUT2D eigenvalue weighted by molar-refractivity contribution is 5.77. The predicted octanol–water partition coefficient (Wildman–Crippen LogP) is 2.32. The number of carbonyl (C=O) groups excluding carboxylic acids is 1. The highest BCUT2D eigenvalue weighted by Gasteiger charge is 2.17. The summed E-state index contributed by atoms with van der Waals surface area (Å²) < 4.78 is 18.9. The Morgan fingerprint density at radius 3 is 2.80 bits per heavy atom. The topological polar surface area (TPSA) is 58.6 Å². The molecule has 20 heavy (non-hydrogen) atoms. The van der Waals surface area contributed by atoms with Gasteiger partial charge in [0.15, 0.2) is 18.2 Å². The molecular formula is C15H20FNO3. The van der Waals surface area contributed by atoms with E-state index in [0.29, 0.717) is 5.56 Å². The van der Waals surface area contributed by atoms with Gasteiger partial charge in [0.1, 0.15) is 0 Å². The molecule has 0 saturated heterocycles. The van der Waals surface area contributed by atoms with E-state index in [1.807, 2.05) is 0 Å². The van der Waals surface area contributed by atoms with Crippen LogP contribution >= 0.6 is 0 Å². The zero-order valence-corrected chi connectivity index (χ0v) is 11.6. The third-order valence-electron chi connectivity index (χ3n) is 3.52. The number of halogens is 1. The molecule has 1 fully saturated rings. The van der Waals surface area contributed by atoms with E-state index in [-0.39, 0.29) is 24.3 Å². The van der Waals surface area contributed by atoms with Crippen LogP contribution in [0.2, 0.25) is 0 Å². The van der Waals surface area contributed by atoms with Crippen LogP contribution in [0.1, 0.15) is 44.3 Å². The Hall–Kier alpha value is -1.62. The number of nitrogens with one attached hydrogen (secondary N) is 1. The van der Waals surface area contributed by atoms with Crippen molar-refractivity contribution in [2.24, 2.45) is 0 Å². The molecule has 0 bridgehead atoms. The van der Waals surface area contributed by atoms with Gasteiger partial charge in [-0.05, 0) is 37.5 Å². The second kappa shape index (κ2) is 6.70. The van der Waals surface area contributed by atoms with Crippen molar-refractivity contribution in [1.82, 2.24) is 5.32 Å². The van der Waals surface area contributed by atoms with Crippen LogP contribution in [-0.4, -0.2) is 23.7 Å². The third kappa shape index (κ3) is 3.93. The van der Waals surface area contributed by atoms with Crippen molar-refractivity contribution in [3.63, 3.8) is 0 Å². The van der Waals surface area contributed by atoms with Crippen molar-refractivity contribution < 1.29 is 19.0 Å². The zero-order valence-electron chi connectivity index (χ0n) is 11.6. The first-order chi connectivity index (χ1) is 9.56. The number of hydrogen-bond acceptors (Lipinski definition) is 3. The number of aliphatic hydroxyl groups is 1. The van der Waals surface area contributed by atoms with Crippen LogP contribution in [0.5, 0.6) is 5.75 Å². The summed E-state index contributed by atoms with van der Waals surface area (Å²) in [6.07, 6.45) is 3.55. The minimum absolute atomic E-state index is 0.0240. The van der Waals surface area contributed by atoms with Gasteiger partial charge >= 0.3 is 0 Å². The molecule has 1 aromatic rings. The molecule has 0 aliphatic heterocycles. The maximum absolute atomic E-state index is 13.7. The van der Waals surface area contributed by atoms with Gasteiger partial charge in [0.05, 0.1) is 6.10 Å². The Balaban J connectivity index is 1.85. The number of benzene rings is 1. The first kappa shape index (κ1) is 14.8. The van der Waals surface area contributed by atoms with Gasteiger partial charge < -0.3 is 15.2 Å². The molecule has 0 aromatic heterocycles. The van der Waals surface area contributed by atoms with Crippen LogP contribution in [-0.2, 0) is 4.79 Å². The molecule has 110 valence electrons. The molecule has 0 spiro atoms. The summed E-state index contributed by atoms with van der Waals surface area (Å²) in [5, 5.41) is 12.2. The number of carbonyl (C=O) groups is 1.